The molecule has 0 bridgehead atoms. The quantitative estimate of drug-likeness (QED) is 0.848. The molecule has 2 amide bonds. The topological polar surface area (TPSA) is 66.6 Å². The fourth-order valence-electron chi connectivity index (χ4n) is 2.64. The van der Waals surface area contributed by atoms with Crippen LogP contribution in [0.15, 0.2) is 41.8 Å². The van der Waals surface area contributed by atoms with Gasteiger partial charge in [0.15, 0.2) is 0 Å². The summed E-state index contributed by atoms with van der Waals surface area (Å²) < 4.78 is 0. The number of carbonyl (C=O) groups is 2. The summed E-state index contributed by atoms with van der Waals surface area (Å²) in [4.78, 5) is 29.0. The third-order valence-corrected chi connectivity index (χ3v) is 4.84. The van der Waals surface area contributed by atoms with Crippen LogP contribution in [-0.2, 0) is 11.2 Å². The van der Waals surface area contributed by atoms with Gasteiger partial charge < -0.3 is 15.5 Å². The Morgan fingerprint density at radius 2 is 1.62 bits per heavy atom. The molecule has 0 aliphatic carbocycles. The van der Waals surface area contributed by atoms with E-state index in [9.17, 15) is 9.59 Å². The molecule has 2 N–H and O–H groups in total. The molecule has 1 aromatic carbocycles. The first-order valence-corrected chi connectivity index (χ1v) is 8.46. The number of anilines is 1. The first-order valence-electron chi connectivity index (χ1n) is 7.58. The number of carbonyl (C=O) groups excluding carboxylic acids is 2. The Morgan fingerprint density at radius 3 is 2.21 bits per heavy atom. The molecule has 1 aliphatic rings. The molecule has 0 radical (unpaired) electrons. The van der Waals surface area contributed by atoms with Crippen LogP contribution >= 0.6 is 23.7 Å². The van der Waals surface area contributed by atoms with Crippen LogP contribution in [0, 0.1) is 0 Å². The zero-order valence-corrected chi connectivity index (χ0v) is 14.8. The van der Waals surface area contributed by atoms with E-state index < -0.39 is 0 Å². The summed E-state index contributed by atoms with van der Waals surface area (Å²) in [7, 11) is 0. The van der Waals surface area contributed by atoms with Crippen molar-refractivity contribution in [3.05, 3.63) is 52.2 Å². The van der Waals surface area contributed by atoms with Crippen LogP contribution in [0.25, 0.3) is 0 Å². The van der Waals surface area contributed by atoms with E-state index in [2.05, 4.69) is 0 Å². The molecule has 128 valence electrons. The van der Waals surface area contributed by atoms with Crippen molar-refractivity contribution in [3.8, 4) is 0 Å². The third kappa shape index (κ3) is 4.27. The summed E-state index contributed by atoms with van der Waals surface area (Å²) in [5, 5.41) is 1.90. The Kier molecular flexibility index (Phi) is 6.23. The van der Waals surface area contributed by atoms with Crippen molar-refractivity contribution in [1.29, 1.82) is 0 Å². The van der Waals surface area contributed by atoms with E-state index in [1.165, 1.54) is 11.3 Å². The van der Waals surface area contributed by atoms with Crippen LogP contribution in [-0.4, -0.2) is 47.8 Å². The molecule has 7 heteroatoms. The second-order valence-electron chi connectivity index (χ2n) is 5.57. The zero-order valence-electron chi connectivity index (χ0n) is 13.2. The highest BCUT2D eigenvalue weighted by molar-refractivity contribution is 7.12. The number of nitrogens with zero attached hydrogens (tertiary/aromatic N) is 2. The summed E-state index contributed by atoms with van der Waals surface area (Å²) in [6.45, 7) is 2.35. The average molecular weight is 366 g/mol. The van der Waals surface area contributed by atoms with Gasteiger partial charge in [-0.15, -0.1) is 23.7 Å². The zero-order chi connectivity index (χ0) is 16.2. The second-order valence-corrected chi connectivity index (χ2v) is 6.52. The maximum atomic E-state index is 12.4. The van der Waals surface area contributed by atoms with Crippen molar-refractivity contribution in [2.75, 3.05) is 31.9 Å². The Hall–Kier alpha value is -2.05. The molecule has 3 rings (SSSR count). The minimum absolute atomic E-state index is 0. The minimum Gasteiger partial charge on any atom is -0.399 e. The van der Waals surface area contributed by atoms with Gasteiger partial charge in [0, 0.05) is 31.9 Å². The van der Waals surface area contributed by atoms with Crippen molar-refractivity contribution >= 4 is 41.2 Å². The number of thiophene rings is 1. The van der Waals surface area contributed by atoms with Gasteiger partial charge in [-0.3, -0.25) is 9.59 Å². The lowest BCUT2D eigenvalue weighted by atomic mass is 10.1. The summed E-state index contributed by atoms with van der Waals surface area (Å²) >= 11 is 1.45. The van der Waals surface area contributed by atoms with Gasteiger partial charge in [0.25, 0.3) is 5.91 Å². The van der Waals surface area contributed by atoms with Gasteiger partial charge in [-0.25, -0.2) is 0 Å². The Balaban J connectivity index is 0.00000208. The van der Waals surface area contributed by atoms with Gasteiger partial charge >= 0.3 is 0 Å². The number of hydrogen-bond acceptors (Lipinski definition) is 4. The summed E-state index contributed by atoms with van der Waals surface area (Å²) in [5.74, 6) is 0.156. The molecule has 0 spiro atoms. The molecule has 1 fully saturated rings. The highest BCUT2D eigenvalue weighted by atomic mass is 35.5. The van der Waals surface area contributed by atoms with Crippen molar-refractivity contribution in [2.24, 2.45) is 0 Å². The number of rotatable bonds is 3. The van der Waals surface area contributed by atoms with E-state index in [1.54, 1.807) is 12.1 Å². The molecule has 5 nitrogen and oxygen atoms in total. The molecular weight excluding hydrogens is 346 g/mol. The number of nitrogen functional groups attached to an aromatic ring is 1. The summed E-state index contributed by atoms with van der Waals surface area (Å²) in [6.07, 6.45) is 0.374. The average Bonchev–Trinajstić information content (AvgIpc) is 3.11. The number of piperazine rings is 1. The van der Waals surface area contributed by atoms with E-state index in [-0.39, 0.29) is 24.2 Å². The molecule has 0 atom stereocenters. The monoisotopic (exact) mass is 365 g/mol. The number of nitrogens with two attached hydrogens (primary N) is 1. The van der Waals surface area contributed by atoms with Gasteiger partial charge in [0.05, 0.1) is 11.3 Å². The maximum Gasteiger partial charge on any atom is 0.264 e. The lowest BCUT2D eigenvalue weighted by molar-refractivity contribution is -0.131. The SMILES string of the molecule is Cl.Nc1ccc(CC(=O)N2CCN(C(=O)c3cccs3)CC2)cc1. The Bertz CT molecular complexity index is 680. The van der Waals surface area contributed by atoms with E-state index >= 15 is 0 Å². The van der Waals surface area contributed by atoms with E-state index in [4.69, 9.17) is 5.73 Å². The number of benzene rings is 1. The molecule has 0 saturated carbocycles. The third-order valence-electron chi connectivity index (χ3n) is 3.99. The van der Waals surface area contributed by atoms with Crippen LogP contribution in [0.3, 0.4) is 0 Å². The standard InChI is InChI=1S/C17H19N3O2S.ClH/c18-14-5-3-13(4-6-14)12-16(21)19-7-9-20(10-8-19)17(22)15-2-1-11-23-15;/h1-6,11H,7-10,12,18H2;1H. The highest BCUT2D eigenvalue weighted by Gasteiger charge is 2.25. The van der Waals surface area contributed by atoms with Gasteiger partial charge in [-0.2, -0.15) is 0 Å². The molecule has 1 aromatic heterocycles. The number of halogens is 1. The number of amides is 2. The highest BCUT2D eigenvalue weighted by Crippen LogP contribution is 2.15. The van der Waals surface area contributed by atoms with Crippen LogP contribution in [0.1, 0.15) is 15.2 Å². The maximum absolute atomic E-state index is 12.4. The predicted molar refractivity (Wildman–Crippen MR) is 98.6 cm³/mol. The molecule has 1 saturated heterocycles. The van der Waals surface area contributed by atoms with Gasteiger partial charge in [0.2, 0.25) is 5.91 Å². The molecular formula is C17H20ClN3O2S. The Labute approximate surface area is 151 Å². The van der Waals surface area contributed by atoms with Crippen molar-refractivity contribution in [1.82, 2.24) is 9.80 Å². The van der Waals surface area contributed by atoms with Gasteiger partial charge in [-0.1, -0.05) is 18.2 Å². The molecule has 24 heavy (non-hydrogen) atoms. The minimum atomic E-state index is 0. The smallest absolute Gasteiger partial charge is 0.264 e. The normalized spacial score (nSPS) is 14.2. The molecule has 0 unspecified atom stereocenters. The van der Waals surface area contributed by atoms with E-state index in [1.807, 2.05) is 39.4 Å². The van der Waals surface area contributed by atoms with E-state index in [0.29, 0.717) is 38.3 Å². The fourth-order valence-corrected chi connectivity index (χ4v) is 3.33. The van der Waals surface area contributed by atoms with E-state index in [0.717, 1.165) is 10.4 Å². The first-order chi connectivity index (χ1) is 11.1. The van der Waals surface area contributed by atoms with Crippen LogP contribution < -0.4 is 5.73 Å². The van der Waals surface area contributed by atoms with Crippen molar-refractivity contribution < 1.29 is 9.59 Å². The lowest BCUT2D eigenvalue weighted by Gasteiger charge is -2.34. The summed E-state index contributed by atoms with van der Waals surface area (Å²) in [5.41, 5.74) is 7.31. The van der Waals surface area contributed by atoms with Gasteiger partial charge in [0.1, 0.15) is 0 Å². The predicted octanol–water partition coefficient (Wildman–Crippen LogP) is 2.28. The van der Waals surface area contributed by atoms with Crippen LogP contribution in [0.2, 0.25) is 0 Å². The fraction of sp³-hybridized carbons (Fsp3) is 0.294. The van der Waals surface area contributed by atoms with Crippen molar-refractivity contribution in [2.45, 2.75) is 6.42 Å². The molecule has 2 heterocycles. The van der Waals surface area contributed by atoms with Crippen molar-refractivity contribution in [3.63, 3.8) is 0 Å². The van der Waals surface area contributed by atoms with Crippen LogP contribution in [0.5, 0.6) is 0 Å². The second kappa shape index (κ2) is 8.17. The summed E-state index contributed by atoms with van der Waals surface area (Å²) in [6, 6.07) is 11.1. The first kappa shape index (κ1) is 18.3. The Morgan fingerprint density at radius 1 is 1.00 bits per heavy atom. The molecule has 2 aromatic rings. The lowest BCUT2D eigenvalue weighted by Crippen LogP contribution is -2.50. The number of hydrogen-bond donors (Lipinski definition) is 1. The largest absolute Gasteiger partial charge is 0.399 e. The van der Waals surface area contributed by atoms with Crippen LogP contribution in [0.4, 0.5) is 5.69 Å². The molecule has 1 aliphatic heterocycles. The van der Waals surface area contributed by atoms with Gasteiger partial charge in [-0.05, 0) is 29.1 Å².